The van der Waals surface area contributed by atoms with E-state index in [0.29, 0.717) is 6.61 Å². The van der Waals surface area contributed by atoms with Crippen LogP contribution in [0.25, 0.3) is 0 Å². The molecule has 2 fully saturated rings. The normalized spacial score (nSPS) is 24.7. The van der Waals surface area contributed by atoms with Gasteiger partial charge >= 0.3 is 6.36 Å². The highest BCUT2D eigenvalue weighted by Gasteiger charge is 2.44. The van der Waals surface area contributed by atoms with Gasteiger partial charge in [0, 0.05) is 56.7 Å². The summed E-state index contributed by atoms with van der Waals surface area (Å²) in [7, 11) is -2.22. The van der Waals surface area contributed by atoms with E-state index in [4.69, 9.17) is 4.74 Å². The lowest BCUT2D eigenvalue weighted by Crippen LogP contribution is -2.39. The van der Waals surface area contributed by atoms with Crippen molar-refractivity contribution in [3.63, 3.8) is 0 Å². The van der Waals surface area contributed by atoms with Crippen molar-refractivity contribution in [2.75, 3.05) is 25.0 Å². The van der Waals surface area contributed by atoms with E-state index in [9.17, 15) is 26.0 Å². The number of anilines is 1. The Kier molecular flexibility index (Phi) is 6.56. The second kappa shape index (κ2) is 9.11. The maximum atomic E-state index is 13.8. The average Bonchev–Trinajstić information content (AvgIpc) is 3.37. The Labute approximate surface area is 188 Å². The number of sulfonamides is 1. The van der Waals surface area contributed by atoms with Crippen LogP contribution in [-0.4, -0.2) is 60.5 Å². The molecule has 0 saturated carbocycles. The zero-order valence-corrected chi connectivity index (χ0v) is 18.6. The Bertz CT molecular complexity index is 1090. The SMILES string of the molecule is Cn1cnc(S(=O)(=O)N2CC(Nc3ccc(F)c(OC(F)(F)F)c3)C(C3CCCCO3)C2)c1. The van der Waals surface area contributed by atoms with Crippen LogP contribution in [-0.2, 0) is 21.8 Å². The average molecular weight is 492 g/mol. The number of ether oxygens (including phenoxy) is 2. The van der Waals surface area contributed by atoms with Crippen LogP contribution in [0.1, 0.15) is 19.3 Å². The zero-order valence-electron chi connectivity index (χ0n) is 17.8. The van der Waals surface area contributed by atoms with E-state index in [0.717, 1.165) is 31.4 Å². The van der Waals surface area contributed by atoms with Gasteiger partial charge in [-0.2, -0.15) is 4.31 Å². The number of aryl methyl sites for hydroxylation is 1. The third-order valence-corrected chi connectivity index (χ3v) is 7.54. The third-order valence-electron chi connectivity index (χ3n) is 5.82. The summed E-state index contributed by atoms with van der Waals surface area (Å²) in [5, 5.41) is 2.99. The van der Waals surface area contributed by atoms with Crippen LogP contribution in [0.15, 0.2) is 35.7 Å². The van der Waals surface area contributed by atoms with Crippen molar-refractivity contribution in [2.24, 2.45) is 13.0 Å². The lowest BCUT2D eigenvalue weighted by molar-refractivity contribution is -0.275. The molecule has 3 atom stereocenters. The van der Waals surface area contributed by atoms with Crippen LogP contribution in [0.4, 0.5) is 23.2 Å². The molecule has 182 valence electrons. The third kappa shape index (κ3) is 5.41. The molecule has 4 rings (SSSR count). The van der Waals surface area contributed by atoms with E-state index in [2.05, 4.69) is 15.0 Å². The van der Waals surface area contributed by atoms with Crippen molar-refractivity contribution in [1.29, 1.82) is 0 Å². The van der Waals surface area contributed by atoms with Crippen LogP contribution in [0.5, 0.6) is 5.75 Å². The van der Waals surface area contributed by atoms with E-state index in [1.165, 1.54) is 27.5 Å². The smallest absolute Gasteiger partial charge is 0.403 e. The predicted molar refractivity (Wildman–Crippen MR) is 110 cm³/mol. The second-order valence-electron chi connectivity index (χ2n) is 8.21. The van der Waals surface area contributed by atoms with Gasteiger partial charge in [-0.05, 0) is 31.4 Å². The van der Waals surface area contributed by atoms with Gasteiger partial charge in [-0.1, -0.05) is 0 Å². The second-order valence-corrected chi connectivity index (χ2v) is 10.1. The van der Waals surface area contributed by atoms with Crippen molar-refractivity contribution in [2.45, 2.75) is 42.8 Å². The van der Waals surface area contributed by atoms with Gasteiger partial charge in [-0.3, -0.25) is 0 Å². The standard InChI is InChI=1S/C20H24F4N4O4S/c1-27-11-19(25-12-27)33(29,30)28-9-14(17-4-2-3-7-31-17)16(10-28)26-13-5-6-15(21)18(8-13)32-20(22,23)24/h5-6,8,11-12,14,16-17,26H,2-4,7,9-10H2,1H3. The minimum Gasteiger partial charge on any atom is -0.403 e. The Morgan fingerprint density at radius 1 is 1.24 bits per heavy atom. The maximum Gasteiger partial charge on any atom is 0.573 e. The zero-order chi connectivity index (χ0) is 23.8. The summed E-state index contributed by atoms with van der Waals surface area (Å²) in [5.41, 5.74) is 0.179. The van der Waals surface area contributed by atoms with Crippen LogP contribution < -0.4 is 10.1 Å². The summed E-state index contributed by atoms with van der Waals surface area (Å²) in [6, 6.07) is 2.59. The van der Waals surface area contributed by atoms with Gasteiger partial charge in [0.25, 0.3) is 10.0 Å². The number of hydrogen-bond acceptors (Lipinski definition) is 6. The molecular formula is C20H24F4N4O4S. The van der Waals surface area contributed by atoms with Gasteiger partial charge in [-0.25, -0.2) is 17.8 Å². The summed E-state index contributed by atoms with van der Waals surface area (Å²) in [5.74, 6) is -2.38. The van der Waals surface area contributed by atoms with Crippen LogP contribution in [0.2, 0.25) is 0 Å². The van der Waals surface area contributed by atoms with Crippen molar-refractivity contribution < 1.29 is 35.5 Å². The number of benzene rings is 1. The Morgan fingerprint density at radius 3 is 2.67 bits per heavy atom. The van der Waals surface area contributed by atoms with Gasteiger partial charge in [0.2, 0.25) is 0 Å². The van der Waals surface area contributed by atoms with E-state index < -0.39 is 34.0 Å². The Balaban J connectivity index is 1.59. The van der Waals surface area contributed by atoms with Crippen molar-refractivity contribution in [3.05, 3.63) is 36.5 Å². The molecule has 0 amide bonds. The molecule has 0 spiro atoms. The number of halogens is 4. The number of alkyl halides is 3. The number of imidazole rings is 1. The highest BCUT2D eigenvalue weighted by molar-refractivity contribution is 7.89. The van der Waals surface area contributed by atoms with Gasteiger partial charge in [0.15, 0.2) is 16.6 Å². The quantitative estimate of drug-likeness (QED) is 0.624. The first kappa shape index (κ1) is 23.8. The molecule has 1 aromatic heterocycles. The first-order valence-electron chi connectivity index (χ1n) is 10.4. The summed E-state index contributed by atoms with van der Waals surface area (Å²) in [4.78, 5) is 3.95. The molecule has 2 aliphatic rings. The molecule has 0 aliphatic carbocycles. The molecule has 2 saturated heterocycles. The molecule has 1 N–H and O–H groups in total. The Hall–Kier alpha value is -2.38. The lowest BCUT2D eigenvalue weighted by atomic mass is 9.91. The van der Waals surface area contributed by atoms with E-state index >= 15 is 0 Å². The van der Waals surface area contributed by atoms with Gasteiger partial charge in [-0.15, -0.1) is 13.2 Å². The van der Waals surface area contributed by atoms with Crippen molar-refractivity contribution in [1.82, 2.24) is 13.9 Å². The fourth-order valence-corrected chi connectivity index (χ4v) is 5.75. The molecule has 13 heteroatoms. The Morgan fingerprint density at radius 2 is 2.03 bits per heavy atom. The highest BCUT2D eigenvalue weighted by Crippen LogP contribution is 2.34. The highest BCUT2D eigenvalue weighted by atomic mass is 32.2. The fourth-order valence-electron chi connectivity index (χ4n) is 4.29. The number of aromatic nitrogens is 2. The monoisotopic (exact) mass is 492 g/mol. The van der Waals surface area contributed by atoms with E-state index in [1.54, 1.807) is 7.05 Å². The molecule has 8 nitrogen and oxygen atoms in total. The van der Waals surface area contributed by atoms with E-state index in [-0.39, 0.29) is 35.8 Å². The molecule has 2 aromatic rings. The maximum absolute atomic E-state index is 13.8. The largest absolute Gasteiger partial charge is 0.573 e. The van der Waals surface area contributed by atoms with Crippen LogP contribution in [0.3, 0.4) is 0 Å². The molecule has 3 unspecified atom stereocenters. The van der Waals surface area contributed by atoms with Gasteiger partial charge < -0.3 is 19.4 Å². The predicted octanol–water partition coefficient (Wildman–Crippen LogP) is 3.13. The number of hydrogen-bond donors (Lipinski definition) is 1. The molecular weight excluding hydrogens is 468 g/mol. The summed E-state index contributed by atoms with van der Waals surface area (Å²) in [6.07, 6.45) is 0.121. The van der Waals surface area contributed by atoms with E-state index in [1.807, 2.05) is 0 Å². The molecule has 0 radical (unpaired) electrons. The number of nitrogens with one attached hydrogen (secondary N) is 1. The van der Waals surface area contributed by atoms with Crippen molar-refractivity contribution >= 4 is 15.7 Å². The number of nitrogens with zero attached hydrogens (tertiary/aromatic N) is 3. The van der Waals surface area contributed by atoms with Gasteiger partial charge in [0.05, 0.1) is 12.4 Å². The summed E-state index contributed by atoms with van der Waals surface area (Å²) < 4.78 is 90.3. The first-order chi connectivity index (χ1) is 15.5. The molecule has 0 bridgehead atoms. The number of rotatable bonds is 6. The van der Waals surface area contributed by atoms with Crippen LogP contribution >= 0.6 is 0 Å². The molecule has 3 heterocycles. The van der Waals surface area contributed by atoms with Gasteiger partial charge in [0.1, 0.15) is 0 Å². The lowest BCUT2D eigenvalue weighted by Gasteiger charge is -2.31. The van der Waals surface area contributed by atoms with Crippen LogP contribution in [0, 0.1) is 11.7 Å². The molecule has 2 aliphatic heterocycles. The summed E-state index contributed by atoms with van der Waals surface area (Å²) >= 11 is 0. The molecule has 1 aromatic carbocycles. The first-order valence-corrected chi connectivity index (χ1v) is 11.9. The molecule has 33 heavy (non-hydrogen) atoms. The minimum atomic E-state index is -5.04. The fraction of sp³-hybridized carbons (Fsp3) is 0.550. The minimum absolute atomic E-state index is 0.0519. The van der Waals surface area contributed by atoms with Crippen molar-refractivity contribution in [3.8, 4) is 5.75 Å². The topological polar surface area (TPSA) is 85.7 Å². The summed E-state index contributed by atoms with van der Waals surface area (Å²) in [6.45, 7) is 0.769.